The van der Waals surface area contributed by atoms with E-state index in [2.05, 4.69) is 4.98 Å². The van der Waals surface area contributed by atoms with E-state index in [4.69, 9.17) is 0 Å². The summed E-state index contributed by atoms with van der Waals surface area (Å²) < 4.78 is 0. The highest BCUT2D eigenvalue weighted by atomic mass is 16.3. The van der Waals surface area contributed by atoms with E-state index in [-0.39, 0.29) is 11.5 Å². The van der Waals surface area contributed by atoms with Crippen molar-refractivity contribution < 1.29 is 9.90 Å². The summed E-state index contributed by atoms with van der Waals surface area (Å²) in [4.78, 5) is 16.3. The number of allylic oxidation sites excluding steroid dienone is 2. The number of carbonyl (C=O) groups excluding carboxylic acids is 1. The Balaban J connectivity index is 1.98. The number of aryl methyl sites for hydroxylation is 3. The highest BCUT2D eigenvalue weighted by Gasteiger charge is 2.09. The van der Waals surface area contributed by atoms with Gasteiger partial charge in [-0.25, -0.2) is 0 Å². The number of phenolic OH excluding ortho intramolecular Hbond substituents is 1. The van der Waals surface area contributed by atoms with E-state index in [0.29, 0.717) is 5.56 Å². The minimum absolute atomic E-state index is 0.0393. The van der Waals surface area contributed by atoms with Crippen LogP contribution in [0.3, 0.4) is 0 Å². The number of ketones is 1. The van der Waals surface area contributed by atoms with Gasteiger partial charge in [0, 0.05) is 11.9 Å². The summed E-state index contributed by atoms with van der Waals surface area (Å²) in [6.07, 6.45) is 6.65. The molecule has 0 aliphatic rings. The van der Waals surface area contributed by atoms with Gasteiger partial charge in [0.25, 0.3) is 0 Å². The molecule has 108 valence electrons. The molecule has 0 radical (unpaired) electrons. The lowest BCUT2D eigenvalue weighted by molar-refractivity contribution is 0.104. The van der Waals surface area contributed by atoms with E-state index in [1.54, 1.807) is 18.3 Å². The Morgan fingerprint density at radius 1 is 1.24 bits per heavy atom. The van der Waals surface area contributed by atoms with Crippen LogP contribution < -0.4 is 0 Å². The van der Waals surface area contributed by atoms with Crippen LogP contribution in [0.25, 0.3) is 0 Å². The molecule has 1 aromatic carbocycles. The minimum atomic E-state index is -0.170. The Bertz CT molecular complexity index is 660. The van der Waals surface area contributed by atoms with Crippen molar-refractivity contribution >= 4 is 5.78 Å². The van der Waals surface area contributed by atoms with Gasteiger partial charge in [0.2, 0.25) is 0 Å². The number of nitrogens with zero attached hydrogens (tertiary/aromatic N) is 1. The third-order valence-electron chi connectivity index (χ3n) is 3.44. The van der Waals surface area contributed by atoms with E-state index in [1.807, 2.05) is 38.1 Å². The third kappa shape index (κ3) is 4.02. The number of rotatable bonds is 5. The van der Waals surface area contributed by atoms with Gasteiger partial charge in [-0.2, -0.15) is 0 Å². The van der Waals surface area contributed by atoms with Crippen LogP contribution in [0.1, 0.15) is 33.6 Å². The van der Waals surface area contributed by atoms with Crippen molar-refractivity contribution in [3.8, 4) is 5.75 Å². The Labute approximate surface area is 125 Å². The molecule has 0 fully saturated rings. The quantitative estimate of drug-likeness (QED) is 0.670. The lowest BCUT2D eigenvalue weighted by Gasteiger charge is -2.05. The smallest absolute Gasteiger partial charge is 0.189 e. The van der Waals surface area contributed by atoms with Gasteiger partial charge in [-0.1, -0.05) is 12.1 Å². The summed E-state index contributed by atoms with van der Waals surface area (Å²) in [5, 5.41) is 9.86. The molecule has 1 aromatic heterocycles. The second-order valence-electron chi connectivity index (χ2n) is 5.08. The molecule has 3 nitrogen and oxygen atoms in total. The maximum Gasteiger partial charge on any atom is 0.189 e. The van der Waals surface area contributed by atoms with Crippen LogP contribution in [0.15, 0.2) is 48.7 Å². The Morgan fingerprint density at radius 3 is 2.71 bits per heavy atom. The first-order valence-corrected chi connectivity index (χ1v) is 6.99. The first-order chi connectivity index (χ1) is 10.1. The fourth-order valence-corrected chi connectivity index (χ4v) is 2.06. The number of hydrogen-bond donors (Lipinski definition) is 1. The van der Waals surface area contributed by atoms with Crippen molar-refractivity contribution in [1.82, 2.24) is 4.98 Å². The van der Waals surface area contributed by atoms with Gasteiger partial charge in [0.15, 0.2) is 5.78 Å². The molecule has 21 heavy (non-hydrogen) atoms. The summed E-state index contributed by atoms with van der Waals surface area (Å²) in [7, 11) is 0. The highest BCUT2D eigenvalue weighted by molar-refractivity contribution is 6.06. The molecule has 1 N–H and O–H groups in total. The van der Waals surface area contributed by atoms with Gasteiger partial charge in [-0.3, -0.25) is 9.78 Å². The average molecular weight is 281 g/mol. The van der Waals surface area contributed by atoms with Gasteiger partial charge >= 0.3 is 0 Å². The van der Waals surface area contributed by atoms with Crippen molar-refractivity contribution in [2.45, 2.75) is 26.7 Å². The van der Waals surface area contributed by atoms with Crippen LogP contribution in [0, 0.1) is 13.8 Å². The van der Waals surface area contributed by atoms with Crippen molar-refractivity contribution in [2.24, 2.45) is 0 Å². The average Bonchev–Trinajstić information content (AvgIpc) is 2.48. The van der Waals surface area contributed by atoms with Crippen molar-refractivity contribution in [1.29, 1.82) is 0 Å². The van der Waals surface area contributed by atoms with Crippen LogP contribution in [0.4, 0.5) is 0 Å². The predicted octanol–water partition coefficient (Wildman–Crippen LogP) is 3.78. The predicted molar refractivity (Wildman–Crippen MR) is 83.6 cm³/mol. The number of carbonyl (C=O) groups is 1. The molecule has 0 amide bonds. The van der Waals surface area contributed by atoms with E-state index in [0.717, 1.165) is 29.7 Å². The van der Waals surface area contributed by atoms with Crippen LogP contribution >= 0.6 is 0 Å². The van der Waals surface area contributed by atoms with Gasteiger partial charge < -0.3 is 5.11 Å². The fraction of sp³-hybridized carbons (Fsp3) is 0.222. The number of aromatic hydroxyl groups is 1. The maximum atomic E-state index is 12.1. The van der Waals surface area contributed by atoms with E-state index >= 15 is 0 Å². The zero-order valence-electron chi connectivity index (χ0n) is 12.3. The van der Waals surface area contributed by atoms with Crippen LogP contribution in [-0.2, 0) is 6.42 Å². The molecule has 1 heterocycles. The maximum absolute atomic E-state index is 12.1. The molecule has 0 saturated heterocycles. The Morgan fingerprint density at radius 2 is 2.00 bits per heavy atom. The summed E-state index contributed by atoms with van der Waals surface area (Å²) in [6.45, 7) is 3.84. The number of aromatic nitrogens is 1. The molecular formula is C18H19NO2. The first kappa shape index (κ1) is 15.0. The molecular weight excluding hydrogens is 262 g/mol. The Kier molecular flexibility index (Phi) is 4.88. The first-order valence-electron chi connectivity index (χ1n) is 6.99. The number of phenols is 1. The SMILES string of the molecule is Cc1cc(O)c(C(=O)C=CCCc2ccccn2)cc1C. The zero-order chi connectivity index (χ0) is 15.2. The summed E-state index contributed by atoms with van der Waals surface area (Å²) in [5.74, 6) is -0.130. The van der Waals surface area contributed by atoms with Crippen molar-refractivity contribution in [2.75, 3.05) is 0 Å². The summed E-state index contributed by atoms with van der Waals surface area (Å²) in [6, 6.07) is 9.15. The summed E-state index contributed by atoms with van der Waals surface area (Å²) >= 11 is 0. The molecule has 0 atom stereocenters. The molecule has 0 spiro atoms. The van der Waals surface area contributed by atoms with Gasteiger partial charge in [0.1, 0.15) is 5.75 Å². The highest BCUT2D eigenvalue weighted by Crippen LogP contribution is 2.22. The van der Waals surface area contributed by atoms with Crippen molar-refractivity contribution in [3.63, 3.8) is 0 Å². The zero-order valence-corrected chi connectivity index (χ0v) is 12.3. The second-order valence-corrected chi connectivity index (χ2v) is 5.08. The number of pyridine rings is 1. The number of hydrogen-bond acceptors (Lipinski definition) is 3. The van der Waals surface area contributed by atoms with Crippen LogP contribution in [0.5, 0.6) is 5.75 Å². The third-order valence-corrected chi connectivity index (χ3v) is 3.44. The molecule has 0 aliphatic carbocycles. The fourth-order valence-electron chi connectivity index (χ4n) is 2.06. The molecule has 0 aliphatic heterocycles. The second kappa shape index (κ2) is 6.84. The topological polar surface area (TPSA) is 50.2 Å². The van der Waals surface area contributed by atoms with Crippen LogP contribution in [0.2, 0.25) is 0 Å². The lowest BCUT2D eigenvalue weighted by atomic mass is 10.0. The lowest BCUT2D eigenvalue weighted by Crippen LogP contribution is -1.97. The van der Waals surface area contributed by atoms with Crippen LogP contribution in [-0.4, -0.2) is 15.9 Å². The normalized spacial score (nSPS) is 11.0. The Hall–Kier alpha value is -2.42. The molecule has 0 saturated carbocycles. The monoisotopic (exact) mass is 281 g/mol. The van der Waals surface area contributed by atoms with E-state index in [1.165, 1.54) is 6.08 Å². The van der Waals surface area contributed by atoms with E-state index < -0.39 is 0 Å². The van der Waals surface area contributed by atoms with Gasteiger partial charge in [-0.05, 0) is 68.2 Å². The summed E-state index contributed by atoms with van der Waals surface area (Å²) in [5.41, 5.74) is 3.33. The molecule has 2 rings (SSSR count). The van der Waals surface area contributed by atoms with Gasteiger partial charge in [0.05, 0.1) is 5.56 Å². The number of benzene rings is 1. The van der Waals surface area contributed by atoms with Gasteiger partial charge in [-0.15, -0.1) is 0 Å². The molecule has 3 heteroatoms. The standard InChI is InChI=1S/C18H19NO2/c1-13-11-16(18(21)12-14(13)2)17(20)9-4-3-7-15-8-5-6-10-19-15/h4-6,8-12,21H,3,7H2,1-2H3. The largest absolute Gasteiger partial charge is 0.507 e. The molecule has 0 unspecified atom stereocenters. The minimum Gasteiger partial charge on any atom is -0.507 e. The van der Waals surface area contributed by atoms with Crippen molar-refractivity contribution in [3.05, 3.63) is 71.1 Å². The molecule has 2 aromatic rings. The molecule has 0 bridgehead atoms. The van der Waals surface area contributed by atoms with E-state index in [9.17, 15) is 9.90 Å².